The minimum absolute atomic E-state index is 0.313. The smallest absolute Gasteiger partial charge is 0.252 e. The Morgan fingerprint density at radius 1 is 0.895 bits per heavy atom. The molecule has 0 aliphatic carbocycles. The van der Waals surface area contributed by atoms with Crippen LogP contribution in [-0.2, 0) is 6.54 Å². The van der Waals surface area contributed by atoms with E-state index < -0.39 is 0 Å². The average Bonchev–Trinajstić information content (AvgIpc) is 3.39. The Balaban J connectivity index is 1.67. The van der Waals surface area contributed by atoms with Crippen LogP contribution in [0.25, 0.3) is 33.5 Å². The summed E-state index contributed by atoms with van der Waals surface area (Å²) in [6.07, 6.45) is 0. The van der Waals surface area contributed by atoms with Crippen LogP contribution in [0.1, 0.15) is 15.9 Å². The van der Waals surface area contributed by atoms with Crippen molar-refractivity contribution in [3.05, 3.63) is 89.7 Å². The maximum atomic E-state index is 13.6. The predicted molar refractivity (Wildman–Crippen MR) is 142 cm³/mol. The van der Waals surface area contributed by atoms with Crippen LogP contribution in [0.4, 0.5) is 4.39 Å². The first-order valence-electron chi connectivity index (χ1n) is 11.8. The summed E-state index contributed by atoms with van der Waals surface area (Å²) in [6.45, 7) is 0.336. The van der Waals surface area contributed by atoms with Crippen molar-refractivity contribution in [2.24, 2.45) is 0 Å². The second-order valence-electron chi connectivity index (χ2n) is 8.43. The van der Waals surface area contributed by atoms with Gasteiger partial charge in [-0.15, -0.1) is 0 Å². The minimum atomic E-state index is -0.362. The summed E-state index contributed by atoms with van der Waals surface area (Å²) in [5, 5.41) is 10.9. The number of H-pyrrole nitrogens is 1. The predicted octanol–water partition coefficient (Wildman–Crippen LogP) is 5.39. The molecule has 0 aliphatic rings. The Morgan fingerprint density at radius 3 is 2.26 bits per heavy atom. The Bertz CT molecular complexity index is 1600. The molecule has 2 N–H and O–H groups in total. The van der Waals surface area contributed by atoms with Gasteiger partial charge in [-0.25, -0.2) is 9.37 Å². The number of carbonyl (C=O) groups is 1. The van der Waals surface area contributed by atoms with Crippen LogP contribution in [0.5, 0.6) is 17.2 Å². The summed E-state index contributed by atoms with van der Waals surface area (Å²) in [7, 11) is 4.62. The van der Waals surface area contributed by atoms with Gasteiger partial charge in [0.05, 0.1) is 43.7 Å². The summed E-state index contributed by atoms with van der Waals surface area (Å²) in [5.41, 5.74) is 3.91. The number of halogens is 1. The number of rotatable bonds is 8. The van der Waals surface area contributed by atoms with E-state index >= 15 is 0 Å². The van der Waals surface area contributed by atoms with Crippen molar-refractivity contribution < 1.29 is 23.4 Å². The topological polar surface area (TPSA) is 98.4 Å². The van der Waals surface area contributed by atoms with Crippen LogP contribution in [0.3, 0.4) is 0 Å². The van der Waals surface area contributed by atoms with E-state index in [1.807, 2.05) is 30.3 Å². The van der Waals surface area contributed by atoms with Gasteiger partial charge in [-0.2, -0.15) is 5.10 Å². The largest absolute Gasteiger partial charge is 0.496 e. The van der Waals surface area contributed by atoms with E-state index in [9.17, 15) is 9.18 Å². The molecule has 0 bridgehead atoms. The number of methoxy groups -OCH3 is 3. The summed E-state index contributed by atoms with van der Waals surface area (Å²) < 4.78 is 30.1. The van der Waals surface area contributed by atoms with Gasteiger partial charge in [-0.3, -0.25) is 9.89 Å². The molecular formula is C29H25FN4O4. The molecule has 0 atom stereocenters. The zero-order chi connectivity index (χ0) is 26.6. The van der Waals surface area contributed by atoms with Crippen molar-refractivity contribution in [3.8, 4) is 39.8 Å². The first-order chi connectivity index (χ1) is 18.5. The molecule has 8 nitrogen and oxygen atoms in total. The highest BCUT2D eigenvalue weighted by Gasteiger charge is 2.23. The quantitative estimate of drug-likeness (QED) is 0.289. The van der Waals surface area contributed by atoms with Crippen molar-refractivity contribution in [3.63, 3.8) is 0 Å². The van der Waals surface area contributed by atoms with Crippen LogP contribution in [0, 0.1) is 5.82 Å². The van der Waals surface area contributed by atoms with E-state index in [0.29, 0.717) is 62.9 Å². The molecule has 2 aromatic heterocycles. The van der Waals surface area contributed by atoms with Gasteiger partial charge >= 0.3 is 0 Å². The van der Waals surface area contributed by atoms with Crippen LogP contribution in [-0.4, -0.2) is 42.4 Å². The first-order valence-corrected chi connectivity index (χ1v) is 11.8. The molecule has 9 heteroatoms. The molecule has 5 aromatic rings. The van der Waals surface area contributed by atoms with E-state index in [2.05, 4.69) is 15.5 Å². The highest BCUT2D eigenvalue weighted by molar-refractivity contribution is 6.11. The maximum absolute atomic E-state index is 13.6. The van der Waals surface area contributed by atoms with Gasteiger partial charge in [0, 0.05) is 23.7 Å². The monoisotopic (exact) mass is 512 g/mol. The first kappa shape index (κ1) is 24.8. The van der Waals surface area contributed by atoms with Gasteiger partial charge in [0.2, 0.25) is 0 Å². The number of benzene rings is 3. The van der Waals surface area contributed by atoms with Gasteiger partial charge in [-0.05, 0) is 42.0 Å². The zero-order valence-corrected chi connectivity index (χ0v) is 21.0. The number of aromatic amines is 1. The summed E-state index contributed by atoms with van der Waals surface area (Å²) in [5.74, 6) is 0.785. The molecule has 2 heterocycles. The Hall–Kier alpha value is -4.92. The number of aromatic nitrogens is 3. The Kier molecular flexibility index (Phi) is 6.90. The van der Waals surface area contributed by atoms with E-state index in [4.69, 9.17) is 19.2 Å². The number of hydrogen-bond donors (Lipinski definition) is 2. The van der Waals surface area contributed by atoms with Crippen molar-refractivity contribution in [2.45, 2.75) is 6.54 Å². The summed E-state index contributed by atoms with van der Waals surface area (Å²) >= 11 is 0. The van der Waals surface area contributed by atoms with Crippen LogP contribution in [0.2, 0.25) is 0 Å². The highest BCUT2D eigenvalue weighted by Crippen LogP contribution is 2.41. The Labute approximate surface area is 218 Å². The molecule has 0 aliphatic heterocycles. The number of pyridine rings is 1. The standard InChI is InChI=1S/C29H25FN4O4/c1-36-23-15-25(38-3)24(37-2)14-20(23)22-13-21(29(35)31-16-17-7-5-4-6-8-17)26-27(33-34-28(26)32-22)18-9-11-19(30)12-10-18/h4-15H,16H2,1-3H3,(H,31,35)(H,32,33,34). The number of hydrogen-bond acceptors (Lipinski definition) is 6. The van der Waals surface area contributed by atoms with Crippen molar-refractivity contribution in [1.82, 2.24) is 20.5 Å². The lowest BCUT2D eigenvalue weighted by atomic mass is 10.0. The number of fused-ring (bicyclic) bond motifs is 1. The van der Waals surface area contributed by atoms with Crippen LogP contribution >= 0.6 is 0 Å². The van der Waals surface area contributed by atoms with E-state index in [0.717, 1.165) is 5.56 Å². The summed E-state index contributed by atoms with van der Waals surface area (Å²) in [6, 6.07) is 20.7. The molecular weight excluding hydrogens is 487 g/mol. The van der Waals surface area contributed by atoms with Crippen LogP contribution < -0.4 is 19.5 Å². The molecule has 38 heavy (non-hydrogen) atoms. The maximum Gasteiger partial charge on any atom is 0.252 e. The van der Waals surface area contributed by atoms with E-state index in [-0.39, 0.29) is 11.7 Å². The number of nitrogens with one attached hydrogen (secondary N) is 2. The molecule has 0 spiro atoms. The molecule has 0 saturated heterocycles. The van der Waals surface area contributed by atoms with E-state index in [1.165, 1.54) is 33.5 Å². The van der Waals surface area contributed by atoms with E-state index in [1.54, 1.807) is 30.3 Å². The van der Waals surface area contributed by atoms with Crippen molar-refractivity contribution in [2.75, 3.05) is 21.3 Å². The molecule has 0 unspecified atom stereocenters. The summed E-state index contributed by atoms with van der Waals surface area (Å²) in [4.78, 5) is 18.3. The normalized spacial score (nSPS) is 10.8. The molecule has 5 rings (SSSR count). The lowest BCUT2D eigenvalue weighted by Gasteiger charge is -2.15. The van der Waals surface area contributed by atoms with Crippen molar-refractivity contribution in [1.29, 1.82) is 0 Å². The third-order valence-corrected chi connectivity index (χ3v) is 6.18. The van der Waals surface area contributed by atoms with Gasteiger partial charge in [-0.1, -0.05) is 30.3 Å². The Morgan fingerprint density at radius 2 is 1.58 bits per heavy atom. The minimum Gasteiger partial charge on any atom is -0.496 e. The number of ether oxygens (including phenoxy) is 3. The average molecular weight is 513 g/mol. The van der Waals surface area contributed by atoms with Gasteiger partial charge in [0.1, 0.15) is 11.6 Å². The SMILES string of the molecule is COc1cc(OC)c(-c2cc(C(=O)NCc3ccccc3)c3c(-c4ccc(F)cc4)[nH]nc3n2)cc1OC. The van der Waals surface area contributed by atoms with Gasteiger partial charge in [0.25, 0.3) is 5.91 Å². The third kappa shape index (κ3) is 4.73. The lowest BCUT2D eigenvalue weighted by molar-refractivity contribution is 0.0952. The third-order valence-electron chi connectivity index (χ3n) is 6.18. The zero-order valence-electron chi connectivity index (χ0n) is 21.0. The number of amides is 1. The van der Waals surface area contributed by atoms with Gasteiger partial charge < -0.3 is 19.5 Å². The fourth-order valence-electron chi connectivity index (χ4n) is 4.27. The molecule has 192 valence electrons. The molecule has 3 aromatic carbocycles. The molecule has 0 radical (unpaired) electrons. The second kappa shape index (κ2) is 10.6. The molecule has 0 fully saturated rings. The fraction of sp³-hybridized carbons (Fsp3) is 0.138. The van der Waals surface area contributed by atoms with Gasteiger partial charge in [0.15, 0.2) is 17.1 Å². The highest BCUT2D eigenvalue weighted by atomic mass is 19.1. The molecule has 0 saturated carbocycles. The number of carbonyl (C=O) groups excluding carboxylic acids is 1. The van der Waals surface area contributed by atoms with Crippen molar-refractivity contribution >= 4 is 16.9 Å². The second-order valence-corrected chi connectivity index (χ2v) is 8.43. The van der Waals surface area contributed by atoms with Crippen LogP contribution in [0.15, 0.2) is 72.8 Å². The molecule has 1 amide bonds. The lowest BCUT2D eigenvalue weighted by Crippen LogP contribution is -2.23. The fourth-order valence-corrected chi connectivity index (χ4v) is 4.27. The number of nitrogens with zero attached hydrogens (tertiary/aromatic N) is 2.